The number of aliphatic carboxylic acids is 1. The average molecular weight is 322 g/mol. The van der Waals surface area contributed by atoms with E-state index in [0.29, 0.717) is 0 Å². The van der Waals surface area contributed by atoms with E-state index >= 15 is 0 Å². The number of carboxylic acid groups (broad SMARTS) is 1. The molecule has 8 nitrogen and oxygen atoms in total. The quantitative estimate of drug-likeness (QED) is 0.312. The fourth-order valence-corrected chi connectivity index (χ4v) is 4.85. The van der Waals surface area contributed by atoms with Crippen LogP contribution in [0.5, 0.6) is 0 Å². The third-order valence-electron chi connectivity index (χ3n) is 5.65. The molecule has 4 rings (SSSR count). The topological polar surface area (TPSA) is 116 Å². The zero-order valence-electron chi connectivity index (χ0n) is 12.0. The van der Waals surface area contributed by atoms with Crippen LogP contribution in [0.2, 0.25) is 0 Å². The zero-order chi connectivity index (χ0) is 16.5. The smallest absolute Gasteiger partial charge is 0.344 e. The normalized spacial score (nSPS) is 44.3. The van der Waals surface area contributed by atoms with E-state index in [0.717, 1.165) is 6.08 Å². The maximum absolute atomic E-state index is 12.1. The highest BCUT2D eigenvalue weighted by atomic mass is 16.6. The minimum Gasteiger partial charge on any atom is -0.480 e. The third kappa shape index (κ3) is 1.60. The van der Waals surface area contributed by atoms with Crippen LogP contribution in [0.15, 0.2) is 12.7 Å². The first-order chi connectivity index (χ1) is 10.9. The Morgan fingerprint density at radius 2 is 2.13 bits per heavy atom. The molecule has 0 aromatic heterocycles. The van der Waals surface area contributed by atoms with Crippen molar-refractivity contribution in [2.24, 2.45) is 29.1 Å². The van der Waals surface area contributed by atoms with Gasteiger partial charge in [-0.05, 0) is 18.3 Å². The highest BCUT2D eigenvalue weighted by Gasteiger charge is 2.86. The molecule has 3 saturated carbocycles. The van der Waals surface area contributed by atoms with Gasteiger partial charge in [0, 0.05) is 17.9 Å². The number of hydrogen-bond donors (Lipinski definition) is 1. The van der Waals surface area contributed by atoms with Gasteiger partial charge in [-0.3, -0.25) is 9.59 Å². The third-order valence-corrected chi connectivity index (χ3v) is 5.65. The van der Waals surface area contributed by atoms with Crippen molar-refractivity contribution in [3.8, 4) is 0 Å². The minimum absolute atomic E-state index is 0.0321. The standard InChI is InChI=1S/C15H14O8/c1-2-6(16)21-4-7(17)22-11-9-5-3-15(13(18)19)10(8(5)9)12(11)23-14(15)20/h2,5,8-12H,1,3-4H2,(H,18,19). The van der Waals surface area contributed by atoms with Crippen LogP contribution in [-0.4, -0.2) is 47.8 Å². The van der Waals surface area contributed by atoms with Gasteiger partial charge in [-0.2, -0.15) is 0 Å². The van der Waals surface area contributed by atoms with Crippen molar-refractivity contribution in [2.75, 3.05) is 6.61 Å². The SMILES string of the molecule is C=CC(=O)OCC(=O)OC1C2OC(=O)C3(C(=O)O)CC4C1C4C23. The fraction of sp³-hybridized carbons (Fsp3) is 0.600. The lowest BCUT2D eigenvalue weighted by atomic mass is 9.76. The lowest BCUT2D eigenvalue weighted by Gasteiger charge is -2.21. The maximum atomic E-state index is 12.1. The molecule has 0 spiro atoms. The number of esters is 3. The molecule has 4 aliphatic rings. The molecule has 1 saturated heterocycles. The van der Waals surface area contributed by atoms with Crippen molar-refractivity contribution in [1.29, 1.82) is 0 Å². The summed E-state index contributed by atoms with van der Waals surface area (Å²) in [4.78, 5) is 46.4. The summed E-state index contributed by atoms with van der Waals surface area (Å²) >= 11 is 0. The van der Waals surface area contributed by atoms with Crippen molar-refractivity contribution in [2.45, 2.75) is 18.6 Å². The van der Waals surface area contributed by atoms with Gasteiger partial charge in [0.15, 0.2) is 12.0 Å². The van der Waals surface area contributed by atoms with Crippen LogP contribution >= 0.6 is 0 Å². The van der Waals surface area contributed by atoms with Gasteiger partial charge in [0.1, 0.15) is 12.2 Å². The second-order valence-electron chi connectivity index (χ2n) is 6.46. The van der Waals surface area contributed by atoms with Gasteiger partial charge in [0.05, 0.1) is 0 Å². The molecular weight excluding hydrogens is 308 g/mol. The average Bonchev–Trinajstić information content (AvgIpc) is 2.80. The molecular formula is C15H14O8. The zero-order valence-corrected chi connectivity index (χ0v) is 12.0. The lowest BCUT2D eigenvalue weighted by Crippen LogP contribution is -2.39. The van der Waals surface area contributed by atoms with Crippen LogP contribution in [0.25, 0.3) is 0 Å². The Kier molecular flexibility index (Phi) is 2.68. The van der Waals surface area contributed by atoms with Crippen molar-refractivity contribution in [1.82, 2.24) is 0 Å². The summed E-state index contributed by atoms with van der Waals surface area (Å²) < 4.78 is 15.2. The van der Waals surface area contributed by atoms with Crippen LogP contribution in [0.3, 0.4) is 0 Å². The highest BCUT2D eigenvalue weighted by molar-refractivity contribution is 6.02. The molecule has 0 radical (unpaired) electrons. The number of hydrogen-bond acceptors (Lipinski definition) is 7. The first-order valence-corrected chi connectivity index (χ1v) is 7.35. The second kappa shape index (κ2) is 4.33. The molecule has 0 aromatic carbocycles. The van der Waals surface area contributed by atoms with E-state index in [9.17, 15) is 24.3 Å². The monoisotopic (exact) mass is 322 g/mol. The van der Waals surface area contributed by atoms with Gasteiger partial charge in [-0.25, -0.2) is 9.59 Å². The highest BCUT2D eigenvalue weighted by Crippen LogP contribution is 2.77. The van der Waals surface area contributed by atoms with Gasteiger partial charge in [0.2, 0.25) is 0 Å². The minimum atomic E-state index is -1.48. The van der Waals surface area contributed by atoms with Crippen molar-refractivity contribution in [3.05, 3.63) is 12.7 Å². The van der Waals surface area contributed by atoms with Gasteiger partial charge < -0.3 is 19.3 Å². The Bertz CT molecular complexity index is 654. The number of rotatable bonds is 5. The summed E-state index contributed by atoms with van der Waals surface area (Å²) in [6, 6.07) is 0. The van der Waals surface area contributed by atoms with E-state index in [1.165, 1.54) is 0 Å². The molecule has 0 bridgehead atoms. The predicted molar refractivity (Wildman–Crippen MR) is 69.6 cm³/mol. The first kappa shape index (κ1) is 14.2. The van der Waals surface area contributed by atoms with Gasteiger partial charge in [0.25, 0.3) is 0 Å². The second-order valence-corrected chi connectivity index (χ2v) is 6.46. The largest absolute Gasteiger partial charge is 0.480 e. The van der Waals surface area contributed by atoms with Gasteiger partial charge >= 0.3 is 23.9 Å². The van der Waals surface area contributed by atoms with Crippen molar-refractivity contribution < 1.29 is 38.5 Å². The van der Waals surface area contributed by atoms with E-state index < -0.39 is 54.0 Å². The van der Waals surface area contributed by atoms with E-state index in [4.69, 9.17) is 9.47 Å². The summed E-state index contributed by atoms with van der Waals surface area (Å²) in [5.41, 5.74) is -1.48. The molecule has 1 N–H and O–H groups in total. The Hall–Kier alpha value is -2.38. The van der Waals surface area contributed by atoms with E-state index in [1.807, 2.05) is 0 Å². The van der Waals surface area contributed by atoms with Crippen molar-refractivity contribution >= 4 is 23.9 Å². The molecule has 4 fully saturated rings. The van der Waals surface area contributed by atoms with Crippen LogP contribution < -0.4 is 0 Å². The van der Waals surface area contributed by atoms with Crippen LogP contribution in [-0.2, 0) is 33.4 Å². The van der Waals surface area contributed by atoms with Gasteiger partial charge in [-0.15, -0.1) is 0 Å². The van der Waals surface area contributed by atoms with E-state index in [2.05, 4.69) is 11.3 Å². The van der Waals surface area contributed by atoms with E-state index in [-0.39, 0.29) is 24.2 Å². The Morgan fingerprint density at radius 3 is 2.78 bits per heavy atom. The Labute approximate surface area is 130 Å². The lowest BCUT2D eigenvalue weighted by molar-refractivity contribution is -0.172. The predicted octanol–water partition coefficient (Wildman–Crippen LogP) is -0.480. The molecule has 1 aliphatic heterocycles. The molecule has 0 aromatic rings. The molecule has 7 atom stereocenters. The first-order valence-electron chi connectivity index (χ1n) is 7.35. The summed E-state index contributed by atoms with van der Waals surface area (Å²) in [6.45, 7) is 2.66. The number of carbonyl (C=O) groups is 4. The van der Waals surface area contributed by atoms with Crippen LogP contribution in [0, 0.1) is 29.1 Å². The summed E-state index contributed by atoms with van der Waals surface area (Å²) in [5, 5.41) is 9.48. The number of carboxylic acids is 1. The number of ether oxygens (including phenoxy) is 3. The van der Waals surface area contributed by atoms with Crippen LogP contribution in [0.1, 0.15) is 6.42 Å². The fourth-order valence-electron chi connectivity index (χ4n) is 4.85. The van der Waals surface area contributed by atoms with E-state index in [1.54, 1.807) is 0 Å². The van der Waals surface area contributed by atoms with Crippen molar-refractivity contribution in [3.63, 3.8) is 0 Å². The molecule has 7 unspecified atom stereocenters. The molecule has 1 heterocycles. The summed E-state index contributed by atoms with van der Waals surface area (Å²) in [7, 11) is 0. The Balaban J connectivity index is 1.49. The molecule has 23 heavy (non-hydrogen) atoms. The summed E-state index contributed by atoms with van der Waals surface area (Å²) in [6.07, 6.45) is -0.194. The number of fused-ring (bicyclic) bond motifs is 1. The molecule has 8 heteroatoms. The maximum Gasteiger partial charge on any atom is 0.344 e. The van der Waals surface area contributed by atoms with Crippen LogP contribution in [0.4, 0.5) is 0 Å². The molecule has 0 amide bonds. The molecule has 3 aliphatic carbocycles. The molecule has 122 valence electrons. The Morgan fingerprint density at radius 1 is 1.39 bits per heavy atom. The van der Waals surface area contributed by atoms with Gasteiger partial charge in [-0.1, -0.05) is 6.58 Å². The number of carbonyl (C=O) groups excluding carboxylic acids is 3. The summed E-state index contributed by atoms with van der Waals surface area (Å²) in [5.74, 6) is -3.65.